The van der Waals surface area contributed by atoms with Crippen LogP contribution in [0.2, 0.25) is 0 Å². The monoisotopic (exact) mass is 667 g/mol. The third-order valence-corrected chi connectivity index (χ3v) is 9.15. The summed E-state index contributed by atoms with van der Waals surface area (Å²) in [7, 11) is -4.42. The van der Waals surface area contributed by atoms with Gasteiger partial charge in [0.15, 0.2) is 0 Å². The summed E-state index contributed by atoms with van der Waals surface area (Å²) in [5.41, 5.74) is 2.55. The zero-order valence-corrected chi connectivity index (χ0v) is 25.0. The molecule has 3 aromatic carbocycles. The average Bonchev–Trinajstić information content (AvgIpc) is 3.28. The van der Waals surface area contributed by atoms with Crippen molar-refractivity contribution in [1.29, 1.82) is 0 Å². The number of hydrogen-bond acceptors (Lipinski definition) is 5. The van der Waals surface area contributed by atoms with E-state index in [1.54, 1.807) is 6.07 Å². The van der Waals surface area contributed by atoms with Crippen molar-refractivity contribution in [2.24, 2.45) is 0 Å². The fraction of sp³-hybridized carbons (Fsp3) is 0.276. The summed E-state index contributed by atoms with van der Waals surface area (Å²) in [5, 5.41) is 24.3. The number of nitrogens with one attached hydrogen (secondary N) is 1. The first kappa shape index (κ1) is 31.7. The zero-order valence-electron chi connectivity index (χ0n) is 22.6. The van der Waals surface area contributed by atoms with E-state index in [0.29, 0.717) is 36.5 Å². The molecule has 42 heavy (non-hydrogen) atoms. The molecule has 0 bridgehead atoms. The lowest BCUT2D eigenvalue weighted by Gasteiger charge is -2.20. The van der Waals surface area contributed by atoms with E-state index in [1.807, 2.05) is 43.3 Å². The molecule has 4 aromatic rings. The predicted octanol–water partition coefficient (Wildman–Crippen LogP) is 5.54. The molecule has 0 radical (unpaired) electrons. The van der Waals surface area contributed by atoms with Crippen LogP contribution in [0, 0.1) is 0 Å². The largest absolute Gasteiger partial charge is 0.477 e. The molecule has 0 amide bonds. The number of aromatic nitrogens is 1. The number of carbonyl (C=O) groups is 1. The van der Waals surface area contributed by atoms with E-state index in [1.165, 1.54) is 22.8 Å². The molecule has 13 heteroatoms. The highest BCUT2D eigenvalue weighted by atomic mass is 79.9. The number of benzene rings is 3. The summed E-state index contributed by atoms with van der Waals surface area (Å²) in [4.78, 5) is 11.5. The van der Waals surface area contributed by atoms with Crippen molar-refractivity contribution in [3.8, 4) is 0 Å². The van der Waals surface area contributed by atoms with Crippen LogP contribution in [0.5, 0.6) is 0 Å². The van der Waals surface area contributed by atoms with Crippen LogP contribution in [0.25, 0.3) is 10.9 Å². The van der Waals surface area contributed by atoms with Crippen molar-refractivity contribution in [3.05, 3.63) is 99.7 Å². The van der Waals surface area contributed by atoms with Crippen molar-refractivity contribution >= 4 is 42.8 Å². The fourth-order valence-corrected chi connectivity index (χ4v) is 6.20. The molecule has 8 nitrogen and oxygen atoms in total. The maximum atomic E-state index is 13.1. The van der Waals surface area contributed by atoms with Gasteiger partial charge in [-0.15, -0.1) is 4.31 Å². The molecular weight excluding hydrogens is 639 g/mol. The highest BCUT2D eigenvalue weighted by Gasteiger charge is 2.43. The number of alkyl halides is 3. The summed E-state index contributed by atoms with van der Waals surface area (Å²) >= 11 is 3.40. The Morgan fingerprint density at radius 1 is 1.05 bits per heavy atom. The normalized spacial score (nSPS) is 13.9. The number of carboxylic acids is 1. The topological polar surface area (TPSA) is 112 Å². The van der Waals surface area contributed by atoms with Gasteiger partial charge in [-0.3, -0.25) is 0 Å². The van der Waals surface area contributed by atoms with E-state index in [4.69, 9.17) is 0 Å². The van der Waals surface area contributed by atoms with Gasteiger partial charge in [-0.2, -0.15) is 13.2 Å². The molecule has 0 aliphatic carbocycles. The molecule has 0 spiro atoms. The molecule has 1 heterocycles. The SMILES string of the molecule is CC(Cc1ccc2c(c1)cc(C(=O)O)n2Cc1cccc(S(=O)(=O)N(C)C(F)(F)F)c1)NCC(O)c1cccc(Br)c1. The second-order valence-electron chi connectivity index (χ2n) is 9.99. The third-order valence-electron chi connectivity index (χ3n) is 6.87. The molecule has 0 aliphatic rings. The lowest BCUT2D eigenvalue weighted by Crippen LogP contribution is -2.39. The average molecular weight is 669 g/mol. The van der Waals surface area contributed by atoms with Gasteiger partial charge in [-0.1, -0.05) is 46.3 Å². The number of nitrogens with zero attached hydrogens (tertiary/aromatic N) is 2. The number of carboxylic acid groups (broad SMARTS) is 1. The van der Waals surface area contributed by atoms with Crippen LogP contribution < -0.4 is 5.32 Å². The molecule has 0 fully saturated rings. The Morgan fingerprint density at radius 3 is 2.43 bits per heavy atom. The van der Waals surface area contributed by atoms with E-state index < -0.39 is 37.6 Å². The lowest BCUT2D eigenvalue weighted by molar-refractivity contribution is -0.202. The molecule has 3 N–H and O–H groups in total. The van der Waals surface area contributed by atoms with Crippen LogP contribution in [0.3, 0.4) is 0 Å². The van der Waals surface area contributed by atoms with Gasteiger partial charge in [0.25, 0.3) is 0 Å². The van der Waals surface area contributed by atoms with Crippen LogP contribution in [0.1, 0.15) is 40.2 Å². The van der Waals surface area contributed by atoms with Gasteiger partial charge in [0.2, 0.25) is 10.0 Å². The van der Waals surface area contributed by atoms with Crippen molar-refractivity contribution < 1.29 is 36.6 Å². The Morgan fingerprint density at radius 2 is 1.76 bits per heavy atom. The van der Waals surface area contributed by atoms with E-state index >= 15 is 0 Å². The smallest absolute Gasteiger partial charge is 0.473 e. The zero-order chi connectivity index (χ0) is 30.8. The summed E-state index contributed by atoms with van der Waals surface area (Å²) < 4.78 is 66.0. The summed E-state index contributed by atoms with van der Waals surface area (Å²) in [6.07, 6.45) is -5.19. The first-order valence-corrected chi connectivity index (χ1v) is 15.1. The van der Waals surface area contributed by atoms with Crippen LogP contribution in [-0.4, -0.2) is 59.4 Å². The maximum absolute atomic E-state index is 13.1. The van der Waals surface area contributed by atoms with Crippen LogP contribution in [-0.2, 0) is 23.0 Å². The van der Waals surface area contributed by atoms with Crippen molar-refractivity contribution in [3.63, 3.8) is 0 Å². The number of aromatic carboxylic acids is 1. The molecular formula is C29H29BrF3N3O5S. The molecule has 2 atom stereocenters. The van der Waals surface area contributed by atoms with Gasteiger partial charge in [-0.05, 0) is 72.5 Å². The minimum atomic E-state index is -5.09. The second-order valence-corrected chi connectivity index (χ2v) is 12.9. The highest BCUT2D eigenvalue weighted by molar-refractivity contribution is 9.10. The van der Waals surface area contributed by atoms with Crippen LogP contribution >= 0.6 is 15.9 Å². The number of rotatable bonds is 11. The Labute approximate surface area is 249 Å². The Hall–Kier alpha value is -3.23. The maximum Gasteiger partial charge on any atom is 0.473 e. The van der Waals surface area contributed by atoms with Crippen molar-refractivity contribution in [2.45, 2.75) is 43.2 Å². The molecule has 4 rings (SSSR count). The van der Waals surface area contributed by atoms with Crippen LogP contribution in [0.15, 0.2) is 82.2 Å². The summed E-state index contributed by atoms with van der Waals surface area (Å²) in [6.45, 7) is 2.24. The minimum absolute atomic E-state index is 0.00944. The highest BCUT2D eigenvalue weighted by Crippen LogP contribution is 2.29. The molecule has 1 aromatic heterocycles. The number of halogens is 4. The molecule has 2 unspecified atom stereocenters. The number of hydrogen-bond donors (Lipinski definition) is 3. The number of aliphatic hydroxyl groups excluding tert-OH is 1. The Balaban J connectivity index is 1.53. The Kier molecular flexibility index (Phi) is 9.48. The number of sulfonamides is 1. The van der Waals surface area contributed by atoms with Crippen molar-refractivity contribution in [2.75, 3.05) is 13.6 Å². The quantitative estimate of drug-likeness (QED) is 0.181. The first-order chi connectivity index (χ1) is 19.7. The summed E-state index contributed by atoms with van der Waals surface area (Å²) in [5.74, 6) is -1.20. The van der Waals surface area contributed by atoms with Gasteiger partial charge in [-0.25, -0.2) is 13.2 Å². The van der Waals surface area contributed by atoms with E-state index in [0.717, 1.165) is 27.7 Å². The molecule has 0 aliphatic heterocycles. The molecule has 0 saturated heterocycles. The lowest BCUT2D eigenvalue weighted by atomic mass is 10.0. The van der Waals surface area contributed by atoms with Gasteiger partial charge in [0.1, 0.15) is 5.69 Å². The van der Waals surface area contributed by atoms with Gasteiger partial charge < -0.3 is 20.1 Å². The van der Waals surface area contributed by atoms with Crippen molar-refractivity contribution in [1.82, 2.24) is 14.2 Å². The fourth-order valence-electron chi connectivity index (χ4n) is 4.65. The molecule has 224 valence electrons. The third kappa shape index (κ3) is 7.21. The number of aliphatic hydroxyl groups is 1. The first-order valence-electron chi connectivity index (χ1n) is 12.8. The Bertz CT molecular complexity index is 1710. The standard InChI is InChI=1S/C29H29BrF3N3O5S/c1-18(34-16-27(37)21-6-4-7-23(30)14-21)11-19-9-10-25-22(12-19)15-26(28(38)39)36(25)17-20-5-3-8-24(13-20)42(40,41)35(2)29(31,32)33/h3-10,12-15,18,27,34,37H,11,16-17H2,1-2H3,(H,38,39). The van der Waals surface area contributed by atoms with Gasteiger partial charge >= 0.3 is 12.3 Å². The van der Waals surface area contributed by atoms with Gasteiger partial charge in [0, 0.05) is 41.6 Å². The van der Waals surface area contributed by atoms with Crippen LogP contribution in [0.4, 0.5) is 13.2 Å². The second kappa shape index (κ2) is 12.6. The van der Waals surface area contributed by atoms with E-state index in [9.17, 15) is 36.6 Å². The van der Waals surface area contributed by atoms with E-state index in [-0.39, 0.29) is 18.3 Å². The predicted molar refractivity (Wildman–Crippen MR) is 156 cm³/mol. The number of fused-ring (bicyclic) bond motifs is 1. The molecule has 0 saturated carbocycles. The van der Waals surface area contributed by atoms with Gasteiger partial charge in [0.05, 0.1) is 11.0 Å². The minimum Gasteiger partial charge on any atom is -0.477 e. The van der Waals surface area contributed by atoms with E-state index in [2.05, 4.69) is 21.2 Å². The summed E-state index contributed by atoms with van der Waals surface area (Å²) in [6, 6.07) is 19.4.